The number of hydrogen-bond acceptors (Lipinski definition) is 2. The quantitative estimate of drug-likeness (QED) is 0.290. The van der Waals surface area contributed by atoms with Gasteiger partial charge in [0.15, 0.2) is 0 Å². The lowest BCUT2D eigenvalue weighted by Gasteiger charge is -2.34. The molecule has 0 unspecified atom stereocenters. The van der Waals surface area contributed by atoms with Gasteiger partial charge in [-0.3, -0.25) is 0 Å². The van der Waals surface area contributed by atoms with Crippen molar-refractivity contribution in [3.05, 3.63) is 113 Å². The second-order valence-electron chi connectivity index (χ2n) is 8.70. The highest BCUT2D eigenvalue weighted by Crippen LogP contribution is 2.42. The molecule has 0 fully saturated rings. The van der Waals surface area contributed by atoms with Crippen molar-refractivity contribution in [2.45, 2.75) is 36.8 Å². The van der Waals surface area contributed by atoms with Crippen LogP contribution >= 0.6 is 0 Å². The number of benzene rings is 3. The van der Waals surface area contributed by atoms with Gasteiger partial charge in [-0.2, -0.15) is 26.3 Å². The summed E-state index contributed by atoms with van der Waals surface area (Å²) in [6.45, 7) is 0. The SMILES string of the molecule is OC(c1ccccc1)(c1ccccc1)[C@@H]1CCc2nn(-c3cc(C(F)(F)F)cc(C(F)(F)F)c3)c[n+]21. The molecule has 1 aliphatic rings. The lowest BCUT2D eigenvalue weighted by Crippen LogP contribution is -2.50. The fraction of sp³-hybridized carbons (Fsp3) is 0.231. The van der Waals surface area contributed by atoms with Gasteiger partial charge in [0.1, 0.15) is 17.3 Å². The van der Waals surface area contributed by atoms with E-state index in [9.17, 15) is 31.4 Å². The van der Waals surface area contributed by atoms with Crippen LogP contribution in [-0.2, 0) is 24.4 Å². The van der Waals surface area contributed by atoms with Crippen LogP contribution in [0.3, 0.4) is 0 Å². The first-order valence-corrected chi connectivity index (χ1v) is 11.1. The maximum atomic E-state index is 13.4. The van der Waals surface area contributed by atoms with Gasteiger partial charge in [-0.05, 0) is 35.7 Å². The summed E-state index contributed by atoms with van der Waals surface area (Å²) in [5.74, 6) is 0.441. The van der Waals surface area contributed by atoms with E-state index in [1.54, 1.807) is 53.1 Å². The summed E-state index contributed by atoms with van der Waals surface area (Å²) in [5.41, 5.74) is -3.53. The number of fused-ring (bicyclic) bond motifs is 1. The smallest absolute Gasteiger partial charge is 0.377 e. The van der Waals surface area contributed by atoms with Gasteiger partial charge in [-0.15, -0.1) is 0 Å². The molecule has 0 radical (unpaired) electrons. The Morgan fingerprint density at radius 1 is 0.750 bits per heavy atom. The number of rotatable bonds is 4. The third-order valence-electron chi connectivity index (χ3n) is 6.48. The zero-order chi connectivity index (χ0) is 25.7. The fourth-order valence-corrected chi connectivity index (χ4v) is 4.77. The molecule has 4 nitrogen and oxygen atoms in total. The molecular weight excluding hydrogens is 484 g/mol. The van der Waals surface area contributed by atoms with Crippen LogP contribution in [0.2, 0.25) is 0 Å². The van der Waals surface area contributed by atoms with Crippen LogP contribution < -0.4 is 4.57 Å². The molecule has 0 saturated carbocycles. The Labute approximate surface area is 202 Å². The number of hydrogen-bond donors (Lipinski definition) is 1. The summed E-state index contributed by atoms with van der Waals surface area (Å²) in [6.07, 6.45) is -7.74. The summed E-state index contributed by atoms with van der Waals surface area (Å²) < 4.78 is 82.9. The Bertz CT molecular complexity index is 1310. The zero-order valence-corrected chi connectivity index (χ0v) is 18.6. The van der Waals surface area contributed by atoms with Gasteiger partial charge in [-0.25, -0.2) is 4.57 Å². The second kappa shape index (κ2) is 8.48. The van der Waals surface area contributed by atoms with Crippen LogP contribution in [0.4, 0.5) is 26.3 Å². The molecule has 5 rings (SSSR count). The van der Waals surface area contributed by atoms with Crippen molar-refractivity contribution in [3.8, 4) is 5.69 Å². The first kappa shape index (κ1) is 24.1. The van der Waals surface area contributed by atoms with Gasteiger partial charge in [-0.1, -0.05) is 65.3 Å². The van der Waals surface area contributed by atoms with E-state index in [1.807, 2.05) is 12.1 Å². The standard InChI is InChI=1S/C26H20F6N3O/c27-25(28,29)19-13-20(26(30,31)32)15-21(14-19)35-16-34-22(11-12-23(34)33-35)24(36,17-7-3-1-4-8-17)18-9-5-2-6-10-18/h1-10,13-16,22,36H,11-12H2/q+1/t22-/m0/s1. The third kappa shape index (κ3) is 4.15. The van der Waals surface area contributed by atoms with Crippen molar-refractivity contribution in [1.82, 2.24) is 9.78 Å². The van der Waals surface area contributed by atoms with Crippen LogP contribution in [-0.4, -0.2) is 14.9 Å². The van der Waals surface area contributed by atoms with Crippen LogP contribution in [0.1, 0.15) is 40.5 Å². The molecule has 0 spiro atoms. The van der Waals surface area contributed by atoms with Crippen molar-refractivity contribution in [2.24, 2.45) is 0 Å². The van der Waals surface area contributed by atoms with Crippen molar-refractivity contribution in [1.29, 1.82) is 0 Å². The van der Waals surface area contributed by atoms with Crippen molar-refractivity contribution in [2.75, 3.05) is 0 Å². The summed E-state index contributed by atoms with van der Waals surface area (Å²) >= 11 is 0. The highest BCUT2D eigenvalue weighted by atomic mass is 19.4. The van der Waals surface area contributed by atoms with E-state index in [4.69, 9.17) is 0 Å². The van der Waals surface area contributed by atoms with Crippen molar-refractivity contribution < 1.29 is 36.0 Å². The third-order valence-corrected chi connectivity index (χ3v) is 6.48. The van der Waals surface area contributed by atoms with Gasteiger partial charge >= 0.3 is 12.4 Å². The molecular formula is C26H20F6N3O+. The van der Waals surface area contributed by atoms with Gasteiger partial charge in [0.05, 0.1) is 11.1 Å². The van der Waals surface area contributed by atoms with E-state index in [0.29, 0.717) is 41.9 Å². The Balaban J connectivity index is 1.63. The lowest BCUT2D eigenvalue weighted by atomic mass is 9.79. The number of alkyl halides is 6. The average Bonchev–Trinajstić information content (AvgIpc) is 3.45. The van der Waals surface area contributed by atoms with Gasteiger partial charge in [0.25, 0.3) is 5.82 Å². The topological polar surface area (TPSA) is 41.9 Å². The van der Waals surface area contributed by atoms with E-state index in [-0.39, 0.29) is 11.8 Å². The second-order valence-corrected chi connectivity index (χ2v) is 8.70. The normalized spacial score (nSPS) is 16.2. The first-order valence-electron chi connectivity index (χ1n) is 11.1. The number of nitrogens with zero attached hydrogens (tertiary/aromatic N) is 3. The molecule has 4 aromatic rings. The van der Waals surface area contributed by atoms with E-state index in [1.165, 1.54) is 6.33 Å². The van der Waals surface area contributed by atoms with Crippen LogP contribution in [0.25, 0.3) is 5.69 Å². The number of aromatic nitrogens is 3. The zero-order valence-electron chi connectivity index (χ0n) is 18.6. The highest BCUT2D eigenvalue weighted by molar-refractivity contribution is 5.42. The molecule has 0 amide bonds. The summed E-state index contributed by atoms with van der Waals surface area (Å²) in [6, 6.07) is 18.6. The summed E-state index contributed by atoms with van der Waals surface area (Å²) in [5, 5.41) is 16.4. The minimum atomic E-state index is -4.97. The minimum absolute atomic E-state index is 0.0835. The predicted molar refractivity (Wildman–Crippen MR) is 117 cm³/mol. The molecule has 0 aliphatic carbocycles. The molecule has 3 aromatic carbocycles. The summed E-state index contributed by atoms with van der Waals surface area (Å²) in [4.78, 5) is 0. The minimum Gasteiger partial charge on any atom is -0.377 e. The lowest BCUT2D eigenvalue weighted by molar-refractivity contribution is -0.731. The molecule has 36 heavy (non-hydrogen) atoms. The molecule has 1 aliphatic heterocycles. The average molecular weight is 504 g/mol. The van der Waals surface area contributed by atoms with E-state index in [2.05, 4.69) is 5.10 Å². The molecule has 1 aromatic heterocycles. The number of aliphatic hydroxyl groups is 1. The van der Waals surface area contributed by atoms with E-state index in [0.717, 1.165) is 4.68 Å². The fourth-order valence-electron chi connectivity index (χ4n) is 4.77. The highest BCUT2D eigenvalue weighted by Gasteiger charge is 2.48. The molecule has 1 N–H and O–H groups in total. The largest absolute Gasteiger partial charge is 0.416 e. The Morgan fingerprint density at radius 2 is 1.25 bits per heavy atom. The summed E-state index contributed by atoms with van der Waals surface area (Å²) in [7, 11) is 0. The maximum absolute atomic E-state index is 13.4. The Kier molecular flexibility index (Phi) is 5.66. The van der Waals surface area contributed by atoms with Gasteiger partial charge in [0, 0.05) is 11.5 Å². The molecule has 1 atom stereocenters. The number of aryl methyl sites for hydroxylation is 1. The van der Waals surface area contributed by atoms with Crippen LogP contribution in [0.5, 0.6) is 0 Å². The Hall–Kier alpha value is -3.66. The predicted octanol–water partition coefficient (Wildman–Crippen LogP) is 5.62. The molecule has 0 saturated heterocycles. The van der Waals surface area contributed by atoms with Crippen molar-refractivity contribution >= 4 is 0 Å². The maximum Gasteiger partial charge on any atom is 0.416 e. The monoisotopic (exact) mass is 504 g/mol. The molecule has 2 heterocycles. The van der Waals surface area contributed by atoms with Crippen LogP contribution in [0.15, 0.2) is 85.2 Å². The molecule has 0 bridgehead atoms. The number of halogens is 6. The molecule has 186 valence electrons. The van der Waals surface area contributed by atoms with E-state index < -0.39 is 35.1 Å². The molecule has 10 heteroatoms. The van der Waals surface area contributed by atoms with Gasteiger partial charge in [0.2, 0.25) is 6.33 Å². The van der Waals surface area contributed by atoms with Gasteiger partial charge < -0.3 is 5.11 Å². The van der Waals surface area contributed by atoms with E-state index >= 15 is 0 Å². The first-order chi connectivity index (χ1) is 17.0. The Morgan fingerprint density at radius 3 is 1.72 bits per heavy atom. The van der Waals surface area contributed by atoms with Crippen LogP contribution in [0, 0.1) is 0 Å². The van der Waals surface area contributed by atoms with Crippen molar-refractivity contribution in [3.63, 3.8) is 0 Å².